The van der Waals surface area contributed by atoms with Gasteiger partial charge in [0.2, 0.25) is 11.8 Å². The zero-order valence-electron chi connectivity index (χ0n) is 22.8. The molecule has 0 aliphatic carbocycles. The van der Waals surface area contributed by atoms with Gasteiger partial charge in [-0.1, -0.05) is 90.1 Å². The molecule has 220 valence electrons. The highest BCUT2D eigenvalue weighted by molar-refractivity contribution is 7.92. The smallest absolute Gasteiger partial charge is 0.264 e. The van der Waals surface area contributed by atoms with E-state index in [0.29, 0.717) is 28.6 Å². The number of benzene rings is 3. The van der Waals surface area contributed by atoms with E-state index in [4.69, 9.17) is 46.4 Å². The summed E-state index contributed by atoms with van der Waals surface area (Å²) in [6.45, 7) is 5.12. The standard InChI is InChI=1S/C29H31Cl4N3O4S/c1-4-16-34-29(38)25(5-2)35(17-21-22(30)8-6-9-23(21)31)27(37)18-36(26-11-7-10-24(32)28(26)33)41(39,40)20-14-12-19(3)13-15-20/h6-15,25H,4-5,16-18H2,1-3H3,(H,34,38). The average Bonchev–Trinajstić information content (AvgIpc) is 2.93. The highest BCUT2D eigenvalue weighted by Gasteiger charge is 2.35. The fraction of sp³-hybridized carbons (Fsp3) is 0.310. The molecule has 0 aliphatic rings. The van der Waals surface area contributed by atoms with Crippen LogP contribution in [0.5, 0.6) is 0 Å². The van der Waals surface area contributed by atoms with E-state index in [1.165, 1.54) is 29.2 Å². The Morgan fingerprint density at radius 3 is 2.05 bits per heavy atom. The minimum atomic E-state index is -4.30. The highest BCUT2D eigenvalue weighted by Crippen LogP contribution is 2.36. The van der Waals surface area contributed by atoms with Gasteiger partial charge in [-0.15, -0.1) is 0 Å². The zero-order valence-corrected chi connectivity index (χ0v) is 26.7. The summed E-state index contributed by atoms with van der Waals surface area (Å²) in [6.07, 6.45) is 0.953. The monoisotopic (exact) mass is 657 g/mol. The molecule has 1 N–H and O–H groups in total. The fourth-order valence-corrected chi connectivity index (χ4v) is 6.57. The number of anilines is 1. The molecular formula is C29H31Cl4N3O4S. The first-order valence-electron chi connectivity index (χ1n) is 13.0. The van der Waals surface area contributed by atoms with E-state index in [1.54, 1.807) is 43.3 Å². The minimum Gasteiger partial charge on any atom is -0.354 e. The normalized spacial score (nSPS) is 12.1. The number of aryl methyl sites for hydroxylation is 1. The number of sulfonamides is 1. The summed E-state index contributed by atoms with van der Waals surface area (Å²) in [7, 11) is -4.30. The van der Waals surface area contributed by atoms with Crippen LogP contribution in [0.3, 0.4) is 0 Å². The Balaban J connectivity index is 2.13. The van der Waals surface area contributed by atoms with Crippen molar-refractivity contribution in [1.29, 1.82) is 0 Å². The third-order valence-electron chi connectivity index (χ3n) is 6.41. The maximum Gasteiger partial charge on any atom is 0.264 e. The van der Waals surface area contributed by atoms with Crippen LogP contribution < -0.4 is 9.62 Å². The highest BCUT2D eigenvalue weighted by atomic mass is 35.5. The molecule has 0 aliphatic heterocycles. The molecule has 3 rings (SSSR count). The second-order valence-corrected chi connectivity index (χ2v) is 12.8. The Morgan fingerprint density at radius 1 is 0.878 bits per heavy atom. The van der Waals surface area contributed by atoms with Crippen molar-refractivity contribution in [2.45, 2.75) is 51.1 Å². The average molecular weight is 659 g/mol. The van der Waals surface area contributed by atoms with Gasteiger partial charge in [-0.3, -0.25) is 13.9 Å². The van der Waals surface area contributed by atoms with Gasteiger partial charge in [-0.25, -0.2) is 8.42 Å². The maximum absolute atomic E-state index is 14.1. The van der Waals surface area contributed by atoms with Gasteiger partial charge in [0.1, 0.15) is 12.6 Å². The molecule has 12 heteroatoms. The molecule has 1 unspecified atom stereocenters. The summed E-state index contributed by atoms with van der Waals surface area (Å²) in [5.41, 5.74) is 1.31. The van der Waals surface area contributed by atoms with Crippen molar-refractivity contribution >= 4 is 73.9 Å². The fourth-order valence-electron chi connectivity index (χ4n) is 4.18. The SMILES string of the molecule is CCCNC(=O)C(CC)N(Cc1c(Cl)cccc1Cl)C(=O)CN(c1cccc(Cl)c1Cl)S(=O)(=O)c1ccc(C)cc1. The maximum atomic E-state index is 14.1. The van der Waals surface area contributed by atoms with Crippen LogP contribution in [0.25, 0.3) is 0 Å². The molecule has 0 radical (unpaired) electrons. The summed E-state index contributed by atoms with van der Waals surface area (Å²) in [6, 6.07) is 14.7. The van der Waals surface area contributed by atoms with Crippen molar-refractivity contribution < 1.29 is 18.0 Å². The van der Waals surface area contributed by atoms with Crippen molar-refractivity contribution in [1.82, 2.24) is 10.2 Å². The van der Waals surface area contributed by atoms with Crippen LogP contribution in [-0.4, -0.2) is 44.3 Å². The van der Waals surface area contributed by atoms with Gasteiger partial charge in [0.15, 0.2) is 0 Å². The lowest BCUT2D eigenvalue weighted by Crippen LogP contribution is -2.52. The number of hydrogen-bond donors (Lipinski definition) is 1. The molecular weight excluding hydrogens is 628 g/mol. The summed E-state index contributed by atoms with van der Waals surface area (Å²) in [4.78, 5) is 28.6. The Morgan fingerprint density at radius 2 is 1.46 bits per heavy atom. The van der Waals surface area contributed by atoms with Crippen LogP contribution in [0.2, 0.25) is 20.1 Å². The van der Waals surface area contributed by atoms with Gasteiger partial charge in [0.05, 0.1) is 20.6 Å². The van der Waals surface area contributed by atoms with E-state index in [-0.39, 0.29) is 39.5 Å². The lowest BCUT2D eigenvalue weighted by Gasteiger charge is -2.33. The zero-order chi connectivity index (χ0) is 30.3. The second-order valence-electron chi connectivity index (χ2n) is 9.33. The van der Waals surface area contributed by atoms with Gasteiger partial charge in [0, 0.05) is 28.7 Å². The van der Waals surface area contributed by atoms with E-state index in [9.17, 15) is 18.0 Å². The third kappa shape index (κ3) is 7.87. The van der Waals surface area contributed by atoms with Gasteiger partial charge in [-0.2, -0.15) is 0 Å². The van der Waals surface area contributed by atoms with Crippen LogP contribution >= 0.6 is 46.4 Å². The predicted octanol–water partition coefficient (Wildman–Crippen LogP) is 7.14. The predicted molar refractivity (Wildman–Crippen MR) is 167 cm³/mol. The molecule has 0 fully saturated rings. The molecule has 0 aromatic heterocycles. The molecule has 3 aromatic rings. The Bertz CT molecular complexity index is 1480. The van der Waals surface area contributed by atoms with E-state index >= 15 is 0 Å². The van der Waals surface area contributed by atoms with Crippen molar-refractivity contribution in [3.63, 3.8) is 0 Å². The number of hydrogen-bond acceptors (Lipinski definition) is 4. The number of nitrogens with zero attached hydrogens (tertiary/aromatic N) is 2. The Kier molecular flexibility index (Phi) is 11.8. The quantitative estimate of drug-likeness (QED) is 0.224. The van der Waals surface area contributed by atoms with Gasteiger partial charge in [-0.05, 0) is 56.2 Å². The Labute approximate surface area is 261 Å². The van der Waals surface area contributed by atoms with Crippen LogP contribution in [0.15, 0.2) is 65.6 Å². The lowest BCUT2D eigenvalue weighted by molar-refractivity contribution is -0.140. The molecule has 0 saturated heterocycles. The second kappa shape index (κ2) is 14.6. The first-order chi connectivity index (χ1) is 19.4. The first-order valence-corrected chi connectivity index (χ1v) is 15.9. The molecule has 7 nitrogen and oxygen atoms in total. The summed E-state index contributed by atoms with van der Waals surface area (Å²) in [5, 5.41) is 3.52. The van der Waals surface area contributed by atoms with Crippen molar-refractivity contribution in [3.8, 4) is 0 Å². The van der Waals surface area contributed by atoms with Crippen molar-refractivity contribution in [2.24, 2.45) is 0 Å². The molecule has 3 aromatic carbocycles. The minimum absolute atomic E-state index is 0.0206. The van der Waals surface area contributed by atoms with Crippen LogP contribution in [0.1, 0.15) is 37.8 Å². The molecule has 0 bridgehead atoms. The van der Waals surface area contributed by atoms with Crippen molar-refractivity contribution in [3.05, 3.63) is 91.9 Å². The van der Waals surface area contributed by atoms with Crippen molar-refractivity contribution in [2.75, 3.05) is 17.4 Å². The molecule has 0 saturated carbocycles. The Hall–Kier alpha value is -2.49. The number of amides is 2. The van der Waals surface area contributed by atoms with Gasteiger partial charge < -0.3 is 10.2 Å². The number of nitrogens with one attached hydrogen (secondary N) is 1. The number of carbonyl (C=O) groups excluding carboxylic acids is 2. The molecule has 0 heterocycles. The summed E-state index contributed by atoms with van der Waals surface area (Å²) >= 11 is 25.6. The molecule has 0 spiro atoms. The number of rotatable bonds is 12. The molecule has 2 amide bonds. The third-order valence-corrected chi connectivity index (χ3v) is 9.70. The van der Waals surface area contributed by atoms with E-state index < -0.39 is 28.5 Å². The molecule has 1 atom stereocenters. The number of carbonyl (C=O) groups is 2. The van der Waals surface area contributed by atoms with E-state index in [0.717, 1.165) is 9.87 Å². The van der Waals surface area contributed by atoms with Gasteiger partial charge in [0.25, 0.3) is 10.0 Å². The van der Waals surface area contributed by atoms with E-state index in [2.05, 4.69) is 5.32 Å². The summed E-state index contributed by atoms with van der Waals surface area (Å²) in [5.74, 6) is -1.04. The van der Waals surface area contributed by atoms with E-state index in [1.807, 2.05) is 13.8 Å². The van der Waals surface area contributed by atoms with Crippen LogP contribution in [0.4, 0.5) is 5.69 Å². The van der Waals surface area contributed by atoms with Gasteiger partial charge >= 0.3 is 0 Å². The lowest BCUT2D eigenvalue weighted by atomic mass is 10.1. The topological polar surface area (TPSA) is 86.8 Å². The first kappa shape index (κ1) is 33.0. The largest absolute Gasteiger partial charge is 0.354 e. The summed E-state index contributed by atoms with van der Waals surface area (Å²) < 4.78 is 28.9. The van der Waals surface area contributed by atoms with Crippen LogP contribution in [-0.2, 0) is 26.2 Å². The molecule has 41 heavy (non-hydrogen) atoms. The van der Waals surface area contributed by atoms with Crippen LogP contribution in [0, 0.1) is 6.92 Å². The number of halogens is 4.